The van der Waals surface area contributed by atoms with Gasteiger partial charge in [-0.05, 0) is 31.3 Å². The van der Waals surface area contributed by atoms with Crippen molar-refractivity contribution in [3.63, 3.8) is 0 Å². The lowest BCUT2D eigenvalue weighted by Gasteiger charge is -2.40. The highest BCUT2D eigenvalue weighted by molar-refractivity contribution is 6.30. The molecule has 0 radical (unpaired) electrons. The van der Waals surface area contributed by atoms with E-state index in [1.54, 1.807) is 0 Å². The molecule has 0 saturated carbocycles. The Labute approximate surface area is 107 Å². The van der Waals surface area contributed by atoms with Gasteiger partial charge < -0.3 is 9.80 Å². The fourth-order valence-corrected chi connectivity index (χ4v) is 2.39. The zero-order chi connectivity index (χ0) is 12.3. The summed E-state index contributed by atoms with van der Waals surface area (Å²) in [4.78, 5) is 4.58. The lowest BCUT2D eigenvalue weighted by atomic mass is 10.1. The molecule has 0 aliphatic carbocycles. The summed E-state index contributed by atoms with van der Waals surface area (Å²) in [6.07, 6.45) is 0.562. The van der Waals surface area contributed by atoms with Gasteiger partial charge in [-0.3, -0.25) is 0 Å². The number of benzene rings is 1. The quantitative estimate of drug-likeness (QED) is 0.806. The molecule has 3 nitrogen and oxygen atoms in total. The van der Waals surface area contributed by atoms with Crippen LogP contribution in [0.4, 0.5) is 5.69 Å². The van der Waals surface area contributed by atoms with Crippen LogP contribution in [-0.4, -0.2) is 37.6 Å². The molecule has 0 amide bonds. The molecule has 17 heavy (non-hydrogen) atoms. The van der Waals surface area contributed by atoms with Crippen LogP contribution in [0.25, 0.3) is 0 Å². The van der Waals surface area contributed by atoms with E-state index in [2.05, 4.69) is 22.9 Å². The third-order valence-electron chi connectivity index (χ3n) is 3.17. The highest BCUT2D eigenvalue weighted by Gasteiger charge is 2.24. The van der Waals surface area contributed by atoms with Crippen molar-refractivity contribution in [3.8, 4) is 6.07 Å². The van der Waals surface area contributed by atoms with Gasteiger partial charge >= 0.3 is 0 Å². The van der Waals surface area contributed by atoms with Crippen LogP contribution in [0.2, 0.25) is 5.02 Å². The first-order valence-electron chi connectivity index (χ1n) is 5.78. The van der Waals surface area contributed by atoms with Crippen LogP contribution in [0.3, 0.4) is 0 Å². The molecule has 1 fully saturated rings. The van der Waals surface area contributed by atoms with Crippen molar-refractivity contribution in [2.24, 2.45) is 0 Å². The Balaban J connectivity index is 2.17. The molecule has 1 aromatic carbocycles. The molecule has 2 rings (SSSR count). The lowest BCUT2D eigenvalue weighted by Crippen LogP contribution is -2.51. The lowest BCUT2D eigenvalue weighted by molar-refractivity contribution is 0.268. The number of piperazine rings is 1. The van der Waals surface area contributed by atoms with Gasteiger partial charge in [-0.2, -0.15) is 5.26 Å². The molecular formula is C13H16ClN3. The Morgan fingerprint density at radius 3 is 2.71 bits per heavy atom. The van der Waals surface area contributed by atoms with Gasteiger partial charge in [0.2, 0.25) is 0 Å². The predicted octanol–water partition coefficient (Wildman–Crippen LogP) is 2.37. The van der Waals surface area contributed by atoms with E-state index in [0.717, 1.165) is 30.3 Å². The fourth-order valence-electron chi connectivity index (χ4n) is 2.26. The third-order valence-corrected chi connectivity index (χ3v) is 3.42. The minimum Gasteiger partial charge on any atom is -0.365 e. The fraction of sp³-hybridized carbons (Fsp3) is 0.462. The van der Waals surface area contributed by atoms with E-state index in [-0.39, 0.29) is 6.04 Å². The highest BCUT2D eigenvalue weighted by Crippen LogP contribution is 2.23. The maximum Gasteiger partial charge on any atom is 0.0643 e. The second-order valence-electron chi connectivity index (χ2n) is 4.45. The third kappa shape index (κ3) is 2.91. The minimum atomic E-state index is 0.278. The second kappa shape index (κ2) is 5.39. The van der Waals surface area contributed by atoms with Crippen molar-refractivity contribution in [2.45, 2.75) is 12.5 Å². The minimum absolute atomic E-state index is 0.278. The van der Waals surface area contributed by atoms with Crippen LogP contribution < -0.4 is 4.90 Å². The number of likely N-dealkylation sites (N-methyl/N-ethyl adjacent to an activating group) is 1. The van der Waals surface area contributed by atoms with Crippen LogP contribution in [0.1, 0.15) is 6.42 Å². The molecule has 1 atom stereocenters. The summed E-state index contributed by atoms with van der Waals surface area (Å²) in [5, 5.41) is 9.65. The van der Waals surface area contributed by atoms with Gasteiger partial charge in [-0.25, -0.2) is 0 Å². The Morgan fingerprint density at radius 2 is 2.06 bits per heavy atom. The van der Waals surface area contributed by atoms with E-state index < -0.39 is 0 Å². The Bertz CT molecular complexity index is 410. The van der Waals surface area contributed by atoms with Crippen molar-refractivity contribution >= 4 is 17.3 Å². The van der Waals surface area contributed by atoms with Crippen LogP contribution in [0.5, 0.6) is 0 Å². The maximum atomic E-state index is 8.90. The van der Waals surface area contributed by atoms with Crippen molar-refractivity contribution in [1.82, 2.24) is 4.90 Å². The molecule has 4 heteroatoms. The van der Waals surface area contributed by atoms with Crippen molar-refractivity contribution < 1.29 is 0 Å². The zero-order valence-electron chi connectivity index (χ0n) is 9.93. The summed E-state index contributed by atoms with van der Waals surface area (Å²) in [5.74, 6) is 0. The summed E-state index contributed by atoms with van der Waals surface area (Å²) in [6, 6.07) is 10.4. The molecule has 1 aromatic rings. The second-order valence-corrected chi connectivity index (χ2v) is 4.88. The van der Waals surface area contributed by atoms with E-state index in [1.165, 1.54) is 0 Å². The zero-order valence-corrected chi connectivity index (χ0v) is 10.7. The molecule has 1 aliphatic rings. The summed E-state index contributed by atoms with van der Waals surface area (Å²) < 4.78 is 0. The number of rotatable bonds is 2. The number of nitriles is 1. The van der Waals surface area contributed by atoms with Gasteiger partial charge in [0, 0.05) is 30.3 Å². The number of anilines is 1. The van der Waals surface area contributed by atoms with Gasteiger partial charge in [0.1, 0.15) is 0 Å². The van der Waals surface area contributed by atoms with E-state index in [1.807, 2.05) is 24.3 Å². The van der Waals surface area contributed by atoms with Crippen molar-refractivity contribution in [1.29, 1.82) is 5.26 Å². The van der Waals surface area contributed by atoms with Gasteiger partial charge in [0.15, 0.2) is 0 Å². The molecule has 1 aliphatic heterocycles. The van der Waals surface area contributed by atoms with E-state index in [0.29, 0.717) is 6.42 Å². The molecule has 1 saturated heterocycles. The number of hydrogen-bond donors (Lipinski definition) is 0. The number of hydrogen-bond acceptors (Lipinski definition) is 3. The summed E-state index contributed by atoms with van der Waals surface area (Å²) in [5.41, 5.74) is 1.16. The molecule has 90 valence electrons. The topological polar surface area (TPSA) is 30.3 Å². The Morgan fingerprint density at radius 1 is 1.35 bits per heavy atom. The van der Waals surface area contributed by atoms with Crippen LogP contribution in [0.15, 0.2) is 24.3 Å². The highest BCUT2D eigenvalue weighted by atomic mass is 35.5. The Hall–Kier alpha value is -1.24. The molecular weight excluding hydrogens is 234 g/mol. The maximum absolute atomic E-state index is 8.90. The average Bonchev–Trinajstić information content (AvgIpc) is 2.31. The first-order chi connectivity index (χ1) is 8.20. The number of nitrogens with zero attached hydrogens (tertiary/aromatic N) is 3. The van der Waals surface area contributed by atoms with Gasteiger partial charge in [-0.1, -0.05) is 11.6 Å². The van der Waals surface area contributed by atoms with Gasteiger partial charge in [0.05, 0.1) is 18.5 Å². The molecule has 0 spiro atoms. The average molecular weight is 250 g/mol. The van der Waals surface area contributed by atoms with Crippen LogP contribution in [-0.2, 0) is 0 Å². The van der Waals surface area contributed by atoms with Crippen molar-refractivity contribution in [3.05, 3.63) is 29.3 Å². The molecule has 0 bridgehead atoms. The molecule has 1 unspecified atom stereocenters. The molecule has 0 N–H and O–H groups in total. The predicted molar refractivity (Wildman–Crippen MR) is 70.3 cm³/mol. The Kier molecular flexibility index (Phi) is 3.88. The smallest absolute Gasteiger partial charge is 0.0643 e. The van der Waals surface area contributed by atoms with Crippen molar-refractivity contribution in [2.75, 3.05) is 31.6 Å². The van der Waals surface area contributed by atoms with E-state index in [9.17, 15) is 0 Å². The molecule has 0 aromatic heterocycles. The monoisotopic (exact) mass is 249 g/mol. The summed E-state index contributed by atoms with van der Waals surface area (Å²) >= 11 is 5.89. The van der Waals surface area contributed by atoms with Crippen LogP contribution >= 0.6 is 11.6 Å². The van der Waals surface area contributed by atoms with Crippen LogP contribution in [0, 0.1) is 11.3 Å². The summed E-state index contributed by atoms with van der Waals surface area (Å²) in [6.45, 7) is 2.94. The standard InChI is InChI=1S/C13H16ClN3/c1-16-8-9-17(13(10-16)6-7-15)12-4-2-11(14)3-5-12/h2-5,13H,6,8-10H2,1H3. The first kappa shape index (κ1) is 12.2. The van der Waals surface area contributed by atoms with Gasteiger partial charge in [-0.15, -0.1) is 0 Å². The SMILES string of the molecule is CN1CCN(c2ccc(Cl)cc2)C(CC#N)C1. The summed E-state index contributed by atoms with van der Waals surface area (Å²) in [7, 11) is 2.10. The normalized spacial score (nSPS) is 21.2. The largest absolute Gasteiger partial charge is 0.365 e. The first-order valence-corrected chi connectivity index (χ1v) is 6.16. The van der Waals surface area contributed by atoms with E-state index >= 15 is 0 Å². The van der Waals surface area contributed by atoms with Gasteiger partial charge in [0.25, 0.3) is 0 Å². The number of halogens is 1. The molecule has 1 heterocycles. The van der Waals surface area contributed by atoms with E-state index in [4.69, 9.17) is 16.9 Å².